The molecule has 1 aliphatic heterocycles. The van der Waals surface area contributed by atoms with Gasteiger partial charge in [0.05, 0.1) is 18.8 Å². The van der Waals surface area contributed by atoms with Crippen LogP contribution in [0.25, 0.3) is 11.1 Å². The summed E-state index contributed by atoms with van der Waals surface area (Å²) in [5, 5.41) is 18.0. The molecule has 1 aliphatic rings. The van der Waals surface area contributed by atoms with E-state index in [0.717, 1.165) is 54.9 Å². The molecule has 1 fully saturated rings. The number of hydrogen-bond donors (Lipinski definition) is 4. The highest BCUT2D eigenvalue weighted by Gasteiger charge is 2.22. The van der Waals surface area contributed by atoms with Crippen LogP contribution in [0.3, 0.4) is 0 Å². The van der Waals surface area contributed by atoms with Crippen LogP contribution in [-0.2, 0) is 11.3 Å². The number of aliphatic hydroxyl groups is 1. The van der Waals surface area contributed by atoms with Crippen molar-refractivity contribution in [2.24, 2.45) is 0 Å². The van der Waals surface area contributed by atoms with E-state index >= 15 is 0 Å². The summed E-state index contributed by atoms with van der Waals surface area (Å²) in [6, 6.07) is 21.3. The smallest absolute Gasteiger partial charge is 0.411 e. The summed E-state index contributed by atoms with van der Waals surface area (Å²) in [6.45, 7) is 4.63. The largest absolute Gasteiger partial charge is 0.446 e. The Morgan fingerprint density at radius 1 is 0.949 bits per heavy atom. The number of ether oxygens (including phenoxy) is 1. The lowest BCUT2D eigenvalue weighted by Gasteiger charge is -2.31. The maximum absolute atomic E-state index is 12.6. The van der Waals surface area contributed by atoms with Gasteiger partial charge in [-0.1, -0.05) is 54.6 Å². The average molecular weight is 532 g/mol. The molecule has 9 nitrogen and oxygen atoms in total. The van der Waals surface area contributed by atoms with Crippen molar-refractivity contribution in [2.45, 2.75) is 25.5 Å². The Morgan fingerprint density at radius 2 is 1.72 bits per heavy atom. The van der Waals surface area contributed by atoms with Crippen molar-refractivity contribution in [3.05, 3.63) is 84.2 Å². The number of anilines is 1. The molecule has 206 valence electrons. The minimum absolute atomic E-state index is 0.0446. The number of Topliss-reactive ketones (excluding diaryl/α,β-unsaturated/α-hetero) is 1. The molecule has 4 rings (SSSR count). The average Bonchev–Trinajstić information content (AvgIpc) is 2.97. The molecule has 0 radical (unpaired) electrons. The van der Waals surface area contributed by atoms with Crippen molar-refractivity contribution in [3.63, 3.8) is 0 Å². The second-order valence-corrected chi connectivity index (χ2v) is 9.53. The van der Waals surface area contributed by atoms with Gasteiger partial charge in [0.2, 0.25) is 0 Å². The van der Waals surface area contributed by atoms with Crippen LogP contribution in [0.5, 0.6) is 0 Å². The summed E-state index contributed by atoms with van der Waals surface area (Å²) >= 11 is 0. The Bertz CT molecular complexity index is 1180. The number of rotatable bonds is 13. The first-order valence-corrected chi connectivity index (χ1v) is 13.5. The number of nitrogens with zero attached hydrogens (tertiary/aromatic N) is 2. The minimum Gasteiger partial charge on any atom is -0.446 e. The second-order valence-electron chi connectivity index (χ2n) is 9.53. The Kier molecular flexibility index (Phi) is 11.0. The number of benzene rings is 2. The number of nitrogens with one attached hydrogen (secondary N) is 3. The maximum Gasteiger partial charge on any atom is 0.411 e. The van der Waals surface area contributed by atoms with Crippen LogP contribution in [0.2, 0.25) is 0 Å². The fraction of sp³-hybridized carbons (Fsp3) is 0.367. The molecule has 39 heavy (non-hydrogen) atoms. The topological polar surface area (TPSA) is 116 Å². The van der Waals surface area contributed by atoms with Gasteiger partial charge in [0.15, 0.2) is 5.78 Å². The van der Waals surface area contributed by atoms with Crippen LogP contribution in [0.4, 0.5) is 10.5 Å². The number of ketones is 1. The molecule has 1 aromatic heterocycles. The van der Waals surface area contributed by atoms with Gasteiger partial charge in [-0.15, -0.1) is 0 Å². The van der Waals surface area contributed by atoms with Crippen molar-refractivity contribution >= 4 is 17.6 Å². The fourth-order valence-corrected chi connectivity index (χ4v) is 4.54. The number of likely N-dealkylation sites (tertiary alicyclic amines) is 1. The first-order chi connectivity index (χ1) is 19.1. The van der Waals surface area contributed by atoms with Crippen LogP contribution < -0.4 is 16.0 Å². The number of piperidine rings is 1. The molecule has 0 aliphatic carbocycles. The molecule has 0 atom stereocenters. The Morgan fingerprint density at radius 3 is 2.46 bits per heavy atom. The van der Waals surface area contributed by atoms with Gasteiger partial charge in [-0.3, -0.25) is 15.1 Å². The highest BCUT2D eigenvalue weighted by atomic mass is 16.6. The third-order valence-electron chi connectivity index (χ3n) is 6.68. The first kappa shape index (κ1) is 28.4. The predicted octanol–water partition coefficient (Wildman–Crippen LogP) is 3.32. The van der Waals surface area contributed by atoms with Crippen molar-refractivity contribution in [1.29, 1.82) is 0 Å². The lowest BCUT2D eigenvalue weighted by molar-refractivity contribution is 0.0593. The molecule has 4 N–H and O–H groups in total. The van der Waals surface area contributed by atoms with E-state index in [1.54, 1.807) is 12.3 Å². The number of hydrogen-bond acceptors (Lipinski definition) is 8. The summed E-state index contributed by atoms with van der Waals surface area (Å²) in [4.78, 5) is 31.6. The third-order valence-corrected chi connectivity index (χ3v) is 6.68. The monoisotopic (exact) mass is 531 g/mol. The lowest BCUT2D eigenvalue weighted by atomic mass is 10.0. The fourth-order valence-electron chi connectivity index (χ4n) is 4.54. The van der Waals surface area contributed by atoms with Gasteiger partial charge in [-0.2, -0.15) is 0 Å². The summed E-state index contributed by atoms with van der Waals surface area (Å²) in [5.74, 6) is -0.0446. The summed E-state index contributed by atoms with van der Waals surface area (Å²) < 4.78 is 5.72. The molecular weight excluding hydrogens is 494 g/mol. The molecule has 2 aromatic carbocycles. The zero-order valence-corrected chi connectivity index (χ0v) is 22.1. The molecule has 0 saturated carbocycles. The number of para-hydroxylation sites is 1. The van der Waals surface area contributed by atoms with Gasteiger partial charge < -0.3 is 25.4 Å². The van der Waals surface area contributed by atoms with Crippen LogP contribution in [-0.4, -0.2) is 78.8 Å². The zero-order chi connectivity index (χ0) is 27.3. The molecule has 0 unspecified atom stereocenters. The highest BCUT2D eigenvalue weighted by Crippen LogP contribution is 2.28. The van der Waals surface area contributed by atoms with Gasteiger partial charge >= 0.3 is 6.09 Å². The predicted molar refractivity (Wildman–Crippen MR) is 152 cm³/mol. The third kappa shape index (κ3) is 8.97. The standard InChI is InChI=1S/C30H37N5O4/c36-19-15-32-20-23-10-11-28(33-21-23)29(37)22-31-14-18-35-16-12-25(13-17-35)39-30(38)34-27-9-5-4-8-26(27)24-6-2-1-3-7-24/h1-11,21,25,31-32,36H,12-20,22H2,(H,34,38). The van der Waals surface area contributed by atoms with Crippen molar-refractivity contribution in [3.8, 4) is 11.1 Å². The Hall–Kier alpha value is -3.63. The van der Waals surface area contributed by atoms with E-state index in [1.807, 2.05) is 60.7 Å². The number of aromatic nitrogens is 1. The molecule has 1 amide bonds. The SMILES string of the molecule is O=C(Nc1ccccc1-c1ccccc1)OC1CCN(CCNCC(=O)c2ccc(CNCCO)cn2)CC1. The lowest BCUT2D eigenvalue weighted by Crippen LogP contribution is -2.42. The normalized spacial score (nSPS) is 14.2. The van der Waals surface area contributed by atoms with Crippen LogP contribution >= 0.6 is 0 Å². The number of amides is 1. The molecule has 3 aromatic rings. The Balaban J connectivity index is 1.12. The summed E-state index contributed by atoms with van der Waals surface area (Å²) in [6.07, 6.45) is 2.69. The van der Waals surface area contributed by atoms with Gasteiger partial charge in [0.1, 0.15) is 11.8 Å². The second kappa shape index (κ2) is 15.1. The van der Waals surface area contributed by atoms with Gasteiger partial charge in [0.25, 0.3) is 0 Å². The van der Waals surface area contributed by atoms with Crippen LogP contribution in [0, 0.1) is 0 Å². The molecule has 0 bridgehead atoms. The van der Waals surface area contributed by atoms with Crippen molar-refractivity contribution in [1.82, 2.24) is 20.5 Å². The van der Waals surface area contributed by atoms with E-state index in [2.05, 4.69) is 25.8 Å². The van der Waals surface area contributed by atoms with E-state index in [9.17, 15) is 9.59 Å². The van der Waals surface area contributed by atoms with E-state index in [1.165, 1.54) is 0 Å². The van der Waals surface area contributed by atoms with Crippen molar-refractivity contribution < 1.29 is 19.4 Å². The number of carbonyl (C=O) groups excluding carboxylic acids is 2. The van der Waals surface area contributed by atoms with E-state index in [-0.39, 0.29) is 25.0 Å². The number of aliphatic hydroxyl groups excluding tert-OH is 1. The summed E-state index contributed by atoms with van der Waals surface area (Å²) in [5.41, 5.74) is 4.13. The van der Waals surface area contributed by atoms with Gasteiger partial charge in [0, 0.05) is 51.0 Å². The first-order valence-electron chi connectivity index (χ1n) is 13.5. The Labute approximate surface area is 229 Å². The molecule has 0 spiro atoms. The maximum atomic E-state index is 12.6. The van der Waals surface area contributed by atoms with E-state index in [0.29, 0.717) is 25.3 Å². The number of carbonyl (C=O) groups is 2. The van der Waals surface area contributed by atoms with Crippen LogP contribution in [0.15, 0.2) is 72.9 Å². The summed E-state index contributed by atoms with van der Waals surface area (Å²) in [7, 11) is 0. The van der Waals surface area contributed by atoms with E-state index in [4.69, 9.17) is 9.84 Å². The van der Waals surface area contributed by atoms with Gasteiger partial charge in [-0.05, 0) is 36.1 Å². The zero-order valence-electron chi connectivity index (χ0n) is 22.1. The minimum atomic E-state index is -0.430. The molecular formula is C30H37N5O4. The van der Waals surface area contributed by atoms with Crippen molar-refractivity contribution in [2.75, 3.05) is 51.2 Å². The molecule has 1 saturated heterocycles. The number of pyridine rings is 1. The quantitative estimate of drug-likeness (QED) is 0.196. The highest BCUT2D eigenvalue weighted by molar-refractivity contribution is 5.95. The molecule has 9 heteroatoms. The van der Waals surface area contributed by atoms with Crippen LogP contribution in [0.1, 0.15) is 28.9 Å². The van der Waals surface area contributed by atoms with Gasteiger partial charge in [-0.25, -0.2) is 4.79 Å². The molecule has 2 heterocycles. The van der Waals surface area contributed by atoms with E-state index < -0.39 is 6.09 Å².